The predicted octanol–water partition coefficient (Wildman–Crippen LogP) is 3.67. The Morgan fingerprint density at radius 2 is 2.30 bits per heavy atom. The Morgan fingerprint density at radius 3 is 3.04 bits per heavy atom. The van der Waals surface area contributed by atoms with Gasteiger partial charge < -0.3 is 10.2 Å². The van der Waals surface area contributed by atoms with Gasteiger partial charge in [-0.15, -0.1) is 12.4 Å². The number of benzene rings is 1. The standard InChI is InChI=1S/C18H25ClN2O.ClH/c1-13(14-5-3-8-20-11-14)10-18(22)21-9-7-16-15(12-21)4-2-6-17(16)19;/h2,4,6,13-14,20H,3,5,7-12H2,1H3;1H. The summed E-state index contributed by atoms with van der Waals surface area (Å²) in [6, 6.07) is 6.01. The van der Waals surface area contributed by atoms with Gasteiger partial charge in [-0.2, -0.15) is 0 Å². The molecule has 1 aromatic rings. The molecule has 2 unspecified atom stereocenters. The van der Waals surface area contributed by atoms with E-state index in [1.54, 1.807) is 0 Å². The fraction of sp³-hybridized carbons (Fsp3) is 0.611. The molecule has 3 nitrogen and oxygen atoms in total. The Morgan fingerprint density at radius 1 is 1.48 bits per heavy atom. The van der Waals surface area contributed by atoms with Crippen molar-refractivity contribution in [3.8, 4) is 0 Å². The molecule has 3 rings (SSSR count). The second kappa shape index (κ2) is 8.36. The molecule has 2 heterocycles. The molecule has 0 spiro atoms. The summed E-state index contributed by atoms with van der Waals surface area (Å²) in [5.74, 6) is 1.40. The maximum atomic E-state index is 12.6. The fourth-order valence-electron chi connectivity index (χ4n) is 3.71. The van der Waals surface area contributed by atoms with E-state index in [2.05, 4.69) is 18.3 Å². The SMILES string of the molecule is CC(CC(=O)N1CCc2c(Cl)cccc2C1)C1CCCNC1.Cl. The summed E-state index contributed by atoms with van der Waals surface area (Å²) < 4.78 is 0. The molecule has 2 atom stereocenters. The maximum Gasteiger partial charge on any atom is 0.223 e. The first-order valence-electron chi connectivity index (χ1n) is 8.40. The molecule has 0 radical (unpaired) electrons. The quantitative estimate of drug-likeness (QED) is 0.895. The highest BCUT2D eigenvalue weighted by Gasteiger charge is 2.26. The van der Waals surface area contributed by atoms with Crippen molar-refractivity contribution in [3.63, 3.8) is 0 Å². The maximum absolute atomic E-state index is 12.6. The highest BCUT2D eigenvalue weighted by molar-refractivity contribution is 6.31. The molecule has 128 valence electrons. The summed E-state index contributed by atoms with van der Waals surface area (Å²) in [5, 5.41) is 4.29. The molecular formula is C18H26Cl2N2O. The molecular weight excluding hydrogens is 331 g/mol. The summed E-state index contributed by atoms with van der Waals surface area (Å²) in [5.41, 5.74) is 2.43. The lowest BCUT2D eigenvalue weighted by atomic mass is 9.85. The van der Waals surface area contributed by atoms with Crippen molar-refractivity contribution in [2.24, 2.45) is 11.8 Å². The third-order valence-electron chi connectivity index (χ3n) is 5.20. The van der Waals surface area contributed by atoms with Crippen LogP contribution in [0.5, 0.6) is 0 Å². The average molecular weight is 357 g/mol. The first kappa shape index (κ1) is 18.6. The van der Waals surface area contributed by atoms with E-state index >= 15 is 0 Å². The zero-order valence-electron chi connectivity index (χ0n) is 13.7. The summed E-state index contributed by atoms with van der Waals surface area (Å²) in [6.07, 6.45) is 4.03. The normalized spacial score (nSPS) is 22.0. The number of fused-ring (bicyclic) bond motifs is 1. The largest absolute Gasteiger partial charge is 0.338 e. The number of nitrogens with one attached hydrogen (secondary N) is 1. The lowest BCUT2D eigenvalue weighted by Gasteiger charge is -2.32. The predicted molar refractivity (Wildman–Crippen MR) is 97.2 cm³/mol. The zero-order valence-corrected chi connectivity index (χ0v) is 15.3. The summed E-state index contributed by atoms with van der Waals surface area (Å²) >= 11 is 6.24. The molecule has 1 aromatic carbocycles. The zero-order chi connectivity index (χ0) is 15.5. The van der Waals surface area contributed by atoms with Crippen molar-refractivity contribution in [2.75, 3.05) is 19.6 Å². The van der Waals surface area contributed by atoms with Crippen LogP contribution in [0.1, 0.15) is 37.3 Å². The van der Waals surface area contributed by atoms with Gasteiger partial charge in [0.2, 0.25) is 5.91 Å². The molecule has 1 fully saturated rings. The van der Waals surface area contributed by atoms with Crippen LogP contribution < -0.4 is 5.32 Å². The van der Waals surface area contributed by atoms with E-state index in [1.165, 1.54) is 24.0 Å². The molecule has 5 heteroatoms. The van der Waals surface area contributed by atoms with Gasteiger partial charge in [0.1, 0.15) is 0 Å². The average Bonchev–Trinajstić information content (AvgIpc) is 2.55. The molecule has 0 bridgehead atoms. The second-order valence-corrected chi connectivity index (χ2v) is 7.14. The van der Waals surface area contributed by atoms with E-state index in [1.807, 2.05) is 17.0 Å². The number of carbonyl (C=O) groups excluding carboxylic acids is 1. The van der Waals surface area contributed by atoms with Crippen LogP contribution in [-0.2, 0) is 17.8 Å². The number of halogens is 2. The highest BCUT2D eigenvalue weighted by atomic mass is 35.5. The monoisotopic (exact) mass is 356 g/mol. The van der Waals surface area contributed by atoms with Gasteiger partial charge in [0.25, 0.3) is 0 Å². The highest BCUT2D eigenvalue weighted by Crippen LogP contribution is 2.28. The number of hydrogen-bond acceptors (Lipinski definition) is 2. The van der Waals surface area contributed by atoms with Gasteiger partial charge >= 0.3 is 0 Å². The van der Waals surface area contributed by atoms with Gasteiger partial charge in [0.15, 0.2) is 0 Å². The van der Waals surface area contributed by atoms with Crippen molar-refractivity contribution in [1.82, 2.24) is 10.2 Å². The van der Waals surface area contributed by atoms with E-state index in [4.69, 9.17) is 11.6 Å². The molecule has 2 aliphatic heterocycles. The van der Waals surface area contributed by atoms with E-state index in [0.717, 1.165) is 31.1 Å². The van der Waals surface area contributed by atoms with Crippen molar-refractivity contribution in [3.05, 3.63) is 34.3 Å². The number of carbonyl (C=O) groups is 1. The number of nitrogens with zero attached hydrogens (tertiary/aromatic N) is 1. The smallest absolute Gasteiger partial charge is 0.223 e. The Balaban J connectivity index is 0.00000192. The molecule has 1 amide bonds. The van der Waals surface area contributed by atoms with E-state index < -0.39 is 0 Å². The van der Waals surface area contributed by atoms with E-state index in [0.29, 0.717) is 30.7 Å². The first-order valence-corrected chi connectivity index (χ1v) is 8.77. The van der Waals surface area contributed by atoms with E-state index in [9.17, 15) is 4.79 Å². The molecule has 2 aliphatic rings. The molecule has 0 aromatic heterocycles. The molecule has 1 N–H and O–H groups in total. The molecule has 0 saturated carbocycles. The first-order chi connectivity index (χ1) is 10.6. The van der Waals surface area contributed by atoms with Gasteiger partial charge in [0, 0.05) is 24.5 Å². The summed E-state index contributed by atoms with van der Waals surface area (Å²) in [6.45, 7) is 5.92. The lowest BCUT2D eigenvalue weighted by Crippen LogP contribution is -2.39. The molecule has 0 aliphatic carbocycles. The number of piperidine rings is 1. The van der Waals surface area contributed by atoms with Gasteiger partial charge in [0.05, 0.1) is 0 Å². The van der Waals surface area contributed by atoms with E-state index in [-0.39, 0.29) is 12.4 Å². The van der Waals surface area contributed by atoms with Crippen molar-refractivity contribution in [1.29, 1.82) is 0 Å². The Labute approximate surface area is 150 Å². The summed E-state index contributed by atoms with van der Waals surface area (Å²) in [4.78, 5) is 14.6. The van der Waals surface area contributed by atoms with Crippen LogP contribution in [0, 0.1) is 11.8 Å². The van der Waals surface area contributed by atoms with Gasteiger partial charge in [-0.05, 0) is 61.4 Å². The fourth-order valence-corrected chi connectivity index (χ4v) is 4.00. The molecule has 1 saturated heterocycles. The van der Waals surface area contributed by atoms with Crippen molar-refractivity contribution < 1.29 is 4.79 Å². The van der Waals surface area contributed by atoms with Crippen LogP contribution in [0.2, 0.25) is 5.02 Å². The third kappa shape index (κ3) is 4.40. The van der Waals surface area contributed by atoms with Gasteiger partial charge in [-0.25, -0.2) is 0 Å². The van der Waals surface area contributed by atoms with Crippen LogP contribution in [0.3, 0.4) is 0 Å². The number of rotatable bonds is 3. The lowest BCUT2D eigenvalue weighted by molar-refractivity contribution is -0.133. The number of amides is 1. The van der Waals surface area contributed by atoms with Crippen LogP contribution in [0.25, 0.3) is 0 Å². The second-order valence-electron chi connectivity index (χ2n) is 6.73. The minimum Gasteiger partial charge on any atom is -0.338 e. The Bertz CT molecular complexity index is 544. The van der Waals surface area contributed by atoms with Crippen LogP contribution >= 0.6 is 24.0 Å². The summed E-state index contributed by atoms with van der Waals surface area (Å²) in [7, 11) is 0. The Hall–Kier alpha value is -0.770. The van der Waals surface area contributed by atoms with Crippen LogP contribution in [0.15, 0.2) is 18.2 Å². The van der Waals surface area contributed by atoms with Crippen LogP contribution in [0.4, 0.5) is 0 Å². The van der Waals surface area contributed by atoms with Gasteiger partial charge in [-0.3, -0.25) is 4.79 Å². The van der Waals surface area contributed by atoms with Crippen molar-refractivity contribution >= 4 is 29.9 Å². The third-order valence-corrected chi connectivity index (χ3v) is 5.55. The minimum absolute atomic E-state index is 0. The minimum atomic E-state index is 0. The number of hydrogen-bond donors (Lipinski definition) is 1. The molecule has 23 heavy (non-hydrogen) atoms. The van der Waals surface area contributed by atoms with Crippen LogP contribution in [-0.4, -0.2) is 30.4 Å². The van der Waals surface area contributed by atoms with Crippen molar-refractivity contribution in [2.45, 2.75) is 39.2 Å². The Kier molecular flexibility index (Phi) is 6.75. The topological polar surface area (TPSA) is 32.3 Å². The van der Waals surface area contributed by atoms with Gasteiger partial charge in [-0.1, -0.05) is 30.7 Å².